The van der Waals surface area contributed by atoms with Crippen molar-refractivity contribution in [3.05, 3.63) is 29.8 Å². The zero-order valence-corrected chi connectivity index (χ0v) is 15.0. The Labute approximate surface area is 160 Å². The van der Waals surface area contributed by atoms with Gasteiger partial charge in [0.2, 0.25) is 0 Å². The van der Waals surface area contributed by atoms with Gasteiger partial charge in [-0.25, -0.2) is 4.79 Å². The number of nitrogens with two attached hydrogens (primary N) is 1. The molecule has 2 fully saturated rings. The predicted molar refractivity (Wildman–Crippen MR) is 96.0 cm³/mol. The van der Waals surface area contributed by atoms with Crippen molar-refractivity contribution < 1.29 is 28.7 Å². The highest BCUT2D eigenvalue weighted by atomic mass is 16.5. The quantitative estimate of drug-likeness (QED) is 0.466. The number of hydrogen-bond acceptors (Lipinski definition) is 6. The van der Waals surface area contributed by atoms with Gasteiger partial charge in [0.1, 0.15) is 12.1 Å². The minimum Gasteiger partial charge on any atom is -0.454 e. The van der Waals surface area contributed by atoms with Crippen LogP contribution in [0.15, 0.2) is 24.3 Å². The van der Waals surface area contributed by atoms with Crippen molar-refractivity contribution in [2.24, 2.45) is 5.73 Å². The molecule has 28 heavy (non-hydrogen) atoms. The van der Waals surface area contributed by atoms with Crippen LogP contribution < -0.4 is 16.4 Å². The van der Waals surface area contributed by atoms with Crippen LogP contribution in [0.3, 0.4) is 0 Å². The van der Waals surface area contributed by atoms with Crippen LogP contribution >= 0.6 is 0 Å². The largest absolute Gasteiger partial charge is 0.454 e. The molecule has 4 N–H and O–H groups in total. The predicted octanol–water partition coefficient (Wildman–Crippen LogP) is 0.132. The molecular weight excluding hydrogens is 368 g/mol. The van der Waals surface area contributed by atoms with E-state index in [2.05, 4.69) is 10.6 Å². The number of urea groups is 1. The molecule has 0 bridgehead atoms. The van der Waals surface area contributed by atoms with Gasteiger partial charge in [0.25, 0.3) is 17.7 Å². The van der Waals surface area contributed by atoms with E-state index in [9.17, 15) is 24.0 Å². The average molecular weight is 388 g/mol. The first-order valence-electron chi connectivity index (χ1n) is 8.81. The zero-order valence-electron chi connectivity index (χ0n) is 15.0. The molecule has 1 saturated heterocycles. The van der Waals surface area contributed by atoms with Crippen LogP contribution in [0.25, 0.3) is 0 Å². The molecule has 1 aliphatic carbocycles. The molecule has 10 nitrogen and oxygen atoms in total. The summed E-state index contributed by atoms with van der Waals surface area (Å²) in [6.07, 6.45) is 2.75. The van der Waals surface area contributed by atoms with Crippen molar-refractivity contribution in [1.82, 2.24) is 10.2 Å². The molecule has 3 rings (SSSR count). The smallest absolute Gasteiger partial charge is 0.326 e. The summed E-state index contributed by atoms with van der Waals surface area (Å²) in [5.41, 5.74) is 4.62. The van der Waals surface area contributed by atoms with Gasteiger partial charge in [-0.3, -0.25) is 24.1 Å². The van der Waals surface area contributed by atoms with Crippen LogP contribution in [-0.4, -0.2) is 53.3 Å². The Morgan fingerprint density at radius 1 is 1.18 bits per heavy atom. The van der Waals surface area contributed by atoms with Crippen molar-refractivity contribution >= 4 is 35.4 Å². The second-order valence-corrected chi connectivity index (χ2v) is 6.73. The summed E-state index contributed by atoms with van der Waals surface area (Å²) in [7, 11) is 0. The van der Waals surface area contributed by atoms with Crippen LogP contribution in [0.5, 0.6) is 0 Å². The summed E-state index contributed by atoms with van der Waals surface area (Å²) in [6, 6.07) is 5.48. The van der Waals surface area contributed by atoms with Crippen LogP contribution in [0, 0.1) is 0 Å². The number of nitrogens with one attached hydrogen (secondary N) is 2. The van der Waals surface area contributed by atoms with Gasteiger partial charge in [-0.15, -0.1) is 0 Å². The van der Waals surface area contributed by atoms with Gasteiger partial charge in [-0.2, -0.15) is 0 Å². The molecule has 10 heteroatoms. The molecule has 0 radical (unpaired) electrons. The van der Waals surface area contributed by atoms with E-state index in [-0.39, 0.29) is 11.3 Å². The average Bonchev–Trinajstić information content (AvgIpc) is 3.21. The number of ether oxygens (including phenoxy) is 1. The highest BCUT2D eigenvalue weighted by Crippen LogP contribution is 2.34. The number of hydrogen-bond donors (Lipinski definition) is 3. The number of nitrogens with zero attached hydrogens (tertiary/aromatic N) is 1. The topological polar surface area (TPSA) is 148 Å². The standard InChI is InChI=1S/C18H20N4O6/c19-15(25)11-5-1-2-6-12(11)20-13(23)10-28-14(24)9-22-16(26)18(21-17(22)27)7-3-4-8-18/h1-2,5-6H,3-4,7-10H2,(H2,19,25)(H,20,23)(H,21,27). The maximum atomic E-state index is 12.5. The molecule has 1 spiro atoms. The van der Waals surface area contributed by atoms with Crippen LogP contribution in [0.2, 0.25) is 0 Å². The molecule has 0 aromatic heterocycles. The number of anilines is 1. The molecule has 0 unspecified atom stereocenters. The van der Waals surface area contributed by atoms with E-state index >= 15 is 0 Å². The number of carbonyl (C=O) groups is 5. The molecule has 1 saturated carbocycles. The maximum Gasteiger partial charge on any atom is 0.326 e. The summed E-state index contributed by atoms with van der Waals surface area (Å²) in [4.78, 5) is 60.6. The fraction of sp³-hybridized carbons (Fsp3) is 0.389. The minimum absolute atomic E-state index is 0.114. The molecule has 1 aromatic carbocycles. The number of rotatable bonds is 6. The number of para-hydroxylation sites is 1. The molecule has 5 amide bonds. The monoisotopic (exact) mass is 388 g/mol. The Bertz CT molecular complexity index is 846. The lowest BCUT2D eigenvalue weighted by Crippen LogP contribution is -2.44. The first-order valence-corrected chi connectivity index (χ1v) is 8.81. The lowest BCUT2D eigenvalue weighted by molar-refractivity contribution is -0.150. The molecule has 148 valence electrons. The third-order valence-electron chi connectivity index (χ3n) is 4.82. The fourth-order valence-corrected chi connectivity index (χ4v) is 3.45. The van der Waals surface area contributed by atoms with Crippen LogP contribution in [0.4, 0.5) is 10.5 Å². The molecule has 0 atom stereocenters. The highest BCUT2D eigenvalue weighted by molar-refractivity contribution is 6.09. The van der Waals surface area contributed by atoms with Crippen LogP contribution in [-0.2, 0) is 19.1 Å². The van der Waals surface area contributed by atoms with Crippen molar-refractivity contribution in [2.75, 3.05) is 18.5 Å². The Morgan fingerprint density at radius 3 is 2.54 bits per heavy atom. The van der Waals surface area contributed by atoms with Gasteiger partial charge in [0.15, 0.2) is 6.61 Å². The summed E-state index contributed by atoms with van der Waals surface area (Å²) in [5.74, 6) is -2.73. The van der Waals surface area contributed by atoms with E-state index in [1.165, 1.54) is 12.1 Å². The van der Waals surface area contributed by atoms with E-state index in [0.29, 0.717) is 12.8 Å². The number of primary amides is 1. The molecule has 2 aliphatic rings. The van der Waals surface area contributed by atoms with E-state index in [1.807, 2.05) is 0 Å². The van der Waals surface area contributed by atoms with Gasteiger partial charge in [0.05, 0.1) is 11.3 Å². The normalized spacial score (nSPS) is 17.5. The van der Waals surface area contributed by atoms with E-state index in [4.69, 9.17) is 10.5 Å². The summed E-state index contributed by atoms with van der Waals surface area (Å²) in [5, 5.41) is 5.08. The first kappa shape index (κ1) is 19.3. The number of esters is 1. The summed E-state index contributed by atoms with van der Waals surface area (Å²) in [6.45, 7) is -1.21. The fourth-order valence-electron chi connectivity index (χ4n) is 3.45. The lowest BCUT2D eigenvalue weighted by Gasteiger charge is -2.19. The summed E-state index contributed by atoms with van der Waals surface area (Å²) >= 11 is 0. The zero-order chi connectivity index (χ0) is 20.3. The molecule has 1 aromatic rings. The molecule has 1 aliphatic heterocycles. The van der Waals surface area contributed by atoms with E-state index < -0.39 is 48.4 Å². The Hall–Kier alpha value is -3.43. The number of imide groups is 1. The maximum absolute atomic E-state index is 12.5. The van der Waals surface area contributed by atoms with Gasteiger partial charge in [-0.05, 0) is 25.0 Å². The Balaban J connectivity index is 1.52. The number of benzene rings is 1. The van der Waals surface area contributed by atoms with E-state index in [1.54, 1.807) is 12.1 Å². The SMILES string of the molecule is NC(=O)c1ccccc1NC(=O)COC(=O)CN1C(=O)NC2(CCCC2)C1=O. The van der Waals surface area contributed by atoms with Crippen molar-refractivity contribution in [3.8, 4) is 0 Å². The Morgan fingerprint density at radius 2 is 1.86 bits per heavy atom. The van der Waals surface area contributed by atoms with Gasteiger partial charge in [0, 0.05) is 0 Å². The third kappa shape index (κ3) is 3.80. The lowest BCUT2D eigenvalue weighted by atomic mass is 9.98. The molecular formula is C18H20N4O6. The first-order chi connectivity index (χ1) is 13.3. The van der Waals surface area contributed by atoms with Crippen molar-refractivity contribution in [3.63, 3.8) is 0 Å². The van der Waals surface area contributed by atoms with Gasteiger partial charge < -0.3 is 21.1 Å². The third-order valence-corrected chi connectivity index (χ3v) is 4.82. The second-order valence-electron chi connectivity index (χ2n) is 6.73. The number of carbonyl (C=O) groups excluding carboxylic acids is 5. The van der Waals surface area contributed by atoms with Crippen LogP contribution in [0.1, 0.15) is 36.0 Å². The summed E-state index contributed by atoms with van der Waals surface area (Å²) < 4.78 is 4.85. The van der Waals surface area contributed by atoms with E-state index in [0.717, 1.165) is 17.7 Å². The second kappa shape index (κ2) is 7.67. The highest BCUT2D eigenvalue weighted by Gasteiger charge is 2.52. The number of amides is 5. The molecule has 1 heterocycles. The Kier molecular flexibility index (Phi) is 5.30. The van der Waals surface area contributed by atoms with Crippen molar-refractivity contribution in [2.45, 2.75) is 31.2 Å². The minimum atomic E-state index is -0.910. The van der Waals surface area contributed by atoms with Gasteiger partial charge >= 0.3 is 12.0 Å². The van der Waals surface area contributed by atoms with Crippen molar-refractivity contribution in [1.29, 1.82) is 0 Å². The van der Waals surface area contributed by atoms with Gasteiger partial charge in [-0.1, -0.05) is 25.0 Å².